The third-order valence-corrected chi connectivity index (χ3v) is 4.62. The Balaban J connectivity index is 1.68. The lowest BCUT2D eigenvalue weighted by atomic mass is 9.98. The standard InChI is InChI=1S/C22H27N5O/c1-15(2)18-10-7-8-16(3)21(18)26-22-25-20(14-24-27-22)23-13-12-17-9-5-6-11-19(17)28-4/h5-11,14-15H,12-13H2,1-4H3,(H2,23,25,26,27). The first kappa shape index (κ1) is 19.6. The molecule has 2 N–H and O–H groups in total. The predicted molar refractivity (Wildman–Crippen MR) is 114 cm³/mol. The fourth-order valence-electron chi connectivity index (χ4n) is 3.13. The molecule has 1 heterocycles. The summed E-state index contributed by atoms with van der Waals surface area (Å²) in [5.74, 6) is 2.47. The molecule has 0 aliphatic carbocycles. The number of aromatic nitrogens is 3. The molecule has 0 aliphatic heterocycles. The van der Waals surface area contributed by atoms with Gasteiger partial charge in [-0.25, -0.2) is 0 Å². The van der Waals surface area contributed by atoms with Crippen molar-refractivity contribution in [3.8, 4) is 5.75 Å². The Kier molecular flexibility index (Phi) is 6.42. The van der Waals surface area contributed by atoms with Crippen molar-refractivity contribution in [1.82, 2.24) is 15.2 Å². The molecule has 0 amide bonds. The highest BCUT2D eigenvalue weighted by Crippen LogP contribution is 2.29. The van der Waals surface area contributed by atoms with Gasteiger partial charge in [0.25, 0.3) is 0 Å². The first-order valence-corrected chi connectivity index (χ1v) is 9.50. The van der Waals surface area contributed by atoms with E-state index in [9.17, 15) is 0 Å². The van der Waals surface area contributed by atoms with Gasteiger partial charge in [0.05, 0.1) is 13.3 Å². The zero-order valence-corrected chi connectivity index (χ0v) is 16.9. The van der Waals surface area contributed by atoms with Crippen molar-refractivity contribution < 1.29 is 4.74 Å². The summed E-state index contributed by atoms with van der Waals surface area (Å²) in [6.45, 7) is 7.15. The van der Waals surface area contributed by atoms with Crippen LogP contribution in [0.4, 0.5) is 17.5 Å². The van der Waals surface area contributed by atoms with Crippen molar-refractivity contribution >= 4 is 17.5 Å². The maximum Gasteiger partial charge on any atom is 0.249 e. The number of benzene rings is 2. The highest BCUT2D eigenvalue weighted by molar-refractivity contribution is 5.64. The normalized spacial score (nSPS) is 10.8. The molecule has 0 unspecified atom stereocenters. The second kappa shape index (κ2) is 9.17. The van der Waals surface area contributed by atoms with Crippen LogP contribution in [0.25, 0.3) is 0 Å². The van der Waals surface area contributed by atoms with E-state index < -0.39 is 0 Å². The number of aryl methyl sites for hydroxylation is 1. The van der Waals surface area contributed by atoms with Gasteiger partial charge in [-0.05, 0) is 42.0 Å². The summed E-state index contributed by atoms with van der Waals surface area (Å²) in [7, 11) is 1.69. The van der Waals surface area contributed by atoms with Gasteiger partial charge in [0.1, 0.15) is 5.75 Å². The number of para-hydroxylation sites is 2. The van der Waals surface area contributed by atoms with Crippen molar-refractivity contribution in [2.24, 2.45) is 0 Å². The van der Waals surface area contributed by atoms with Crippen LogP contribution < -0.4 is 15.4 Å². The summed E-state index contributed by atoms with van der Waals surface area (Å²) in [4.78, 5) is 4.56. The zero-order chi connectivity index (χ0) is 19.9. The second-order valence-electron chi connectivity index (χ2n) is 6.97. The summed E-state index contributed by atoms with van der Waals surface area (Å²) in [6, 6.07) is 14.3. The molecule has 0 saturated heterocycles. The maximum absolute atomic E-state index is 5.40. The quantitative estimate of drug-likeness (QED) is 0.592. The summed E-state index contributed by atoms with van der Waals surface area (Å²) in [5.41, 5.74) is 4.59. The van der Waals surface area contributed by atoms with E-state index >= 15 is 0 Å². The second-order valence-corrected chi connectivity index (χ2v) is 6.97. The molecule has 0 saturated carbocycles. The molecule has 3 aromatic rings. The number of nitrogens with one attached hydrogen (secondary N) is 2. The van der Waals surface area contributed by atoms with Crippen LogP contribution in [0.2, 0.25) is 0 Å². The minimum atomic E-state index is 0.400. The van der Waals surface area contributed by atoms with E-state index in [4.69, 9.17) is 4.74 Å². The number of anilines is 3. The lowest BCUT2D eigenvalue weighted by Crippen LogP contribution is -2.10. The highest BCUT2D eigenvalue weighted by Gasteiger charge is 2.11. The Bertz CT molecular complexity index is 926. The minimum Gasteiger partial charge on any atom is -0.496 e. The van der Waals surface area contributed by atoms with E-state index in [-0.39, 0.29) is 0 Å². The fourth-order valence-corrected chi connectivity index (χ4v) is 3.13. The number of hydrogen-bond donors (Lipinski definition) is 2. The van der Waals surface area contributed by atoms with Gasteiger partial charge in [0.2, 0.25) is 5.95 Å². The molecule has 0 bridgehead atoms. The van der Waals surface area contributed by atoms with Crippen LogP contribution >= 0.6 is 0 Å². The maximum atomic E-state index is 5.40. The SMILES string of the molecule is COc1ccccc1CCNc1cnnc(Nc2c(C)cccc2C(C)C)n1. The van der Waals surface area contributed by atoms with Gasteiger partial charge in [-0.3, -0.25) is 0 Å². The van der Waals surface area contributed by atoms with E-state index in [1.165, 1.54) is 5.56 Å². The van der Waals surface area contributed by atoms with E-state index in [1.807, 2.05) is 18.2 Å². The van der Waals surface area contributed by atoms with E-state index in [1.54, 1.807) is 13.3 Å². The van der Waals surface area contributed by atoms with Gasteiger partial charge in [-0.2, -0.15) is 10.1 Å². The average molecular weight is 377 g/mol. The monoisotopic (exact) mass is 377 g/mol. The van der Waals surface area contributed by atoms with Crippen LogP contribution in [0.5, 0.6) is 5.75 Å². The first-order chi connectivity index (χ1) is 13.6. The molecular weight excluding hydrogens is 350 g/mol. The summed E-state index contributed by atoms with van der Waals surface area (Å²) < 4.78 is 5.40. The smallest absolute Gasteiger partial charge is 0.249 e. The van der Waals surface area contributed by atoms with Crippen molar-refractivity contribution in [3.05, 3.63) is 65.4 Å². The largest absolute Gasteiger partial charge is 0.496 e. The molecule has 0 atom stereocenters. The molecule has 0 fully saturated rings. The third-order valence-electron chi connectivity index (χ3n) is 4.62. The zero-order valence-electron chi connectivity index (χ0n) is 16.9. The molecule has 0 aliphatic rings. The van der Waals surface area contributed by atoms with Gasteiger partial charge in [-0.1, -0.05) is 50.2 Å². The van der Waals surface area contributed by atoms with E-state index in [2.05, 4.69) is 70.9 Å². The minimum absolute atomic E-state index is 0.400. The Hall–Kier alpha value is -3.15. The number of hydrogen-bond acceptors (Lipinski definition) is 6. The lowest BCUT2D eigenvalue weighted by molar-refractivity contribution is 0.410. The molecule has 6 heteroatoms. The number of rotatable bonds is 8. The summed E-state index contributed by atoms with van der Waals surface area (Å²) >= 11 is 0. The molecular formula is C22H27N5O. The Morgan fingerprint density at radius 3 is 2.68 bits per heavy atom. The van der Waals surface area contributed by atoms with Crippen molar-refractivity contribution in [1.29, 1.82) is 0 Å². The summed E-state index contributed by atoms with van der Waals surface area (Å²) in [6.07, 6.45) is 2.46. The molecule has 28 heavy (non-hydrogen) atoms. The van der Waals surface area contributed by atoms with Crippen LogP contribution in [-0.4, -0.2) is 28.8 Å². The van der Waals surface area contributed by atoms with Crippen LogP contribution in [0, 0.1) is 6.92 Å². The van der Waals surface area contributed by atoms with Crippen LogP contribution in [0.15, 0.2) is 48.7 Å². The average Bonchev–Trinajstić information content (AvgIpc) is 2.70. The predicted octanol–water partition coefficient (Wildman–Crippen LogP) is 4.71. The number of ether oxygens (including phenoxy) is 1. The Morgan fingerprint density at radius 2 is 1.89 bits per heavy atom. The van der Waals surface area contributed by atoms with Gasteiger partial charge >= 0.3 is 0 Å². The van der Waals surface area contributed by atoms with Gasteiger partial charge in [-0.15, -0.1) is 5.10 Å². The van der Waals surface area contributed by atoms with Crippen LogP contribution in [0.3, 0.4) is 0 Å². The van der Waals surface area contributed by atoms with Crippen LogP contribution in [0.1, 0.15) is 36.5 Å². The molecule has 0 radical (unpaired) electrons. The van der Waals surface area contributed by atoms with Gasteiger partial charge in [0.15, 0.2) is 5.82 Å². The molecule has 1 aromatic heterocycles. The third kappa shape index (κ3) is 4.76. The molecule has 146 valence electrons. The van der Waals surface area contributed by atoms with E-state index in [0.29, 0.717) is 17.7 Å². The van der Waals surface area contributed by atoms with E-state index in [0.717, 1.165) is 35.5 Å². The van der Waals surface area contributed by atoms with Crippen molar-refractivity contribution in [3.63, 3.8) is 0 Å². The molecule has 3 rings (SSSR count). The van der Waals surface area contributed by atoms with Gasteiger partial charge < -0.3 is 15.4 Å². The topological polar surface area (TPSA) is 72.0 Å². The molecule has 2 aromatic carbocycles. The van der Waals surface area contributed by atoms with Gasteiger partial charge in [0, 0.05) is 12.2 Å². The Morgan fingerprint density at radius 1 is 1.07 bits per heavy atom. The molecule has 6 nitrogen and oxygen atoms in total. The Labute approximate surface area is 166 Å². The van der Waals surface area contributed by atoms with Crippen molar-refractivity contribution in [2.45, 2.75) is 33.1 Å². The number of methoxy groups -OCH3 is 1. The fraction of sp³-hybridized carbons (Fsp3) is 0.318. The molecule has 0 spiro atoms. The first-order valence-electron chi connectivity index (χ1n) is 9.50. The number of nitrogens with zero attached hydrogens (tertiary/aromatic N) is 3. The summed E-state index contributed by atoms with van der Waals surface area (Å²) in [5, 5.41) is 14.9. The lowest BCUT2D eigenvalue weighted by Gasteiger charge is -2.16. The highest BCUT2D eigenvalue weighted by atomic mass is 16.5. The van der Waals surface area contributed by atoms with Crippen molar-refractivity contribution in [2.75, 3.05) is 24.3 Å². The van der Waals surface area contributed by atoms with Crippen LogP contribution in [-0.2, 0) is 6.42 Å².